The Morgan fingerprint density at radius 1 is 0.870 bits per heavy atom. The first kappa shape index (κ1) is 31.2. The van der Waals surface area contributed by atoms with Gasteiger partial charge in [-0.05, 0) is 60.1 Å². The van der Waals surface area contributed by atoms with Crippen molar-refractivity contribution in [3.05, 3.63) is 137 Å². The van der Waals surface area contributed by atoms with Crippen LogP contribution >= 0.6 is 11.3 Å². The molecule has 1 aliphatic heterocycles. The first-order chi connectivity index (χ1) is 22.4. The minimum absolute atomic E-state index is 0.0471. The van der Waals surface area contributed by atoms with E-state index in [9.17, 15) is 13.6 Å². The van der Waals surface area contributed by atoms with Crippen molar-refractivity contribution in [2.45, 2.75) is 26.2 Å². The second-order valence-corrected chi connectivity index (χ2v) is 12.3. The van der Waals surface area contributed by atoms with Crippen molar-refractivity contribution in [2.75, 3.05) is 35.9 Å². The van der Waals surface area contributed by atoms with Gasteiger partial charge in [0.25, 0.3) is 0 Å². The summed E-state index contributed by atoms with van der Waals surface area (Å²) in [6.45, 7) is 2.64. The molecule has 0 unspecified atom stereocenters. The molecule has 0 spiro atoms. The predicted octanol–water partition coefficient (Wildman–Crippen LogP) is 7.99. The predicted molar refractivity (Wildman–Crippen MR) is 181 cm³/mol. The minimum atomic E-state index is -0.557. The summed E-state index contributed by atoms with van der Waals surface area (Å²) >= 11 is 1.64. The Bertz CT molecular complexity index is 1760. The number of amides is 2. The number of carbonyl (C=O) groups is 1. The monoisotopic (exact) mass is 639 g/mol. The molecule has 236 valence electrons. The maximum absolute atomic E-state index is 15.0. The third kappa shape index (κ3) is 7.04. The Morgan fingerprint density at radius 2 is 1.54 bits per heavy atom. The molecule has 6 rings (SSSR count). The second-order valence-electron chi connectivity index (χ2n) is 11.3. The van der Waals surface area contributed by atoms with Crippen LogP contribution in [-0.4, -0.2) is 31.8 Å². The average Bonchev–Trinajstić information content (AvgIpc) is 3.42. The molecule has 1 aromatic heterocycles. The summed E-state index contributed by atoms with van der Waals surface area (Å²) in [6.07, 6.45) is 0. The maximum Gasteiger partial charge on any atom is 0.343 e. The number of thiophene rings is 1. The fourth-order valence-electron chi connectivity index (χ4n) is 5.80. The van der Waals surface area contributed by atoms with E-state index in [1.807, 2.05) is 60.7 Å². The van der Waals surface area contributed by atoms with Crippen LogP contribution in [0.4, 0.5) is 30.0 Å². The zero-order valence-corrected chi connectivity index (χ0v) is 26.5. The molecule has 5 aromatic rings. The smallest absolute Gasteiger partial charge is 0.343 e. The fourth-order valence-corrected chi connectivity index (χ4v) is 7.12. The number of fused-ring (bicyclic) bond motifs is 1. The molecule has 2 N–H and O–H groups in total. The first-order valence-corrected chi connectivity index (χ1v) is 15.8. The largest absolute Gasteiger partial charge is 0.349 e. The number of carbonyl (C=O) groups excluding carboxylic acids is 1. The lowest BCUT2D eigenvalue weighted by atomic mass is 10.0. The van der Waals surface area contributed by atoms with Gasteiger partial charge in [-0.15, -0.1) is 11.3 Å². The van der Waals surface area contributed by atoms with Gasteiger partial charge in [0.05, 0.1) is 25.3 Å². The Labute approximate surface area is 271 Å². The minimum Gasteiger partial charge on any atom is -0.349 e. The quantitative estimate of drug-likeness (QED) is 0.152. The summed E-state index contributed by atoms with van der Waals surface area (Å²) in [5.41, 5.74) is 8.46. The second kappa shape index (κ2) is 14.1. The molecule has 4 aromatic carbocycles. The van der Waals surface area contributed by atoms with Gasteiger partial charge in [-0.25, -0.2) is 19.1 Å². The number of benzene rings is 4. The summed E-state index contributed by atoms with van der Waals surface area (Å²) in [4.78, 5) is 24.4. The van der Waals surface area contributed by atoms with E-state index in [1.54, 1.807) is 11.3 Å². The van der Waals surface area contributed by atoms with Gasteiger partial charge >= 0.3 is 6.03 Å². The van der Waals surface area contributed by atoms with E-state index >= 15 is 0 Å². The number of hydrogen-bond donors (Lipinski definition) is 2. The highest BCUT2D eigenvalue weighted by Crippen LogP contribution is 2.47. The van der Waals surface area contributed by atoms with E-state index in [-0.39, 0.29) is 12.1 Å². The van der Waals surface area contributed by atoms with E-state index in [0.29, 0.717) is 25.4 Å². The van der Waals surface area contributed by atoms with Crippen molar-refractivity contribution in [1.82, 2.24) is 10.4 Å². The lowest BCUT2D eigenvalue weighted by Gasteiger charge is -2.38. The zero-order valence-electron chi connectivity index (χ0n) is 25.7. The standard InChI is InChI=1S/C36H35F2N5O2S/c1-41(20-25-10-5-3-6-11-25)21-29-30-22-42(28-12-7-4-8-13-28)24-43(23-31-32(37)14-9-15-33(31)38)35(30)46-34(29)26-16-18-27(19-17-26)39-36(44)40-45-2/h3-19H,20-24H2,1-2H3,(H2,39,40,44). The Kier molecular flexibility index (Phi) is 9.58. The van der Waals surface area contributed by atoms with Crippen molar-refractivity contribution in [3.63, 3.8) is 0 Å². The van der Waals surface area contributed by atoms with E-state index < -0.39 is 17.7 Å². The molecule has 0 fully saturated rings. The van der Waals surface area contributed by atoms with Crippen molar-refractivity contribution in [3.8, 4) is 10.4 Å². The van der Waals surface area contributed by atoms with E-state index in [4.69, 9.17) is 4.84 Å². The van der Waals surface area contributed by atoms with E-state index in [2.05, 4.69) is 56.8 Å². The number of halogens is 2. The van der Waals surface area contributed by atoms with Crippen molar-refractivity contribution in [2.24, 2.45) is 0 Å². The molecule has 2 heterocycles. The van der Waals surface area contributed by atoms with Gasteiger partial charge in [0, 0.05) is 47.0 Å². The number of rotatable bonds is 10. The van der Waals surface area contributed by atoms with Crippen molar-refractivity contribution >= 4 is 33.7 Å². The average molecular weight is 640 g/mol. The van der Waals surface area contributed by atoms with Crippen LogP contribution in [0.2, 0.25) is 0 Å². The lowest BCUT2D eigenvalue weighted by Crippen LogP contribution is -2.42. The maximum atomic E-state index is 15.0. The summed E-state index contributed by atoms with van der Waals surface area (Å²) in [5, 5.41) is 3.74. The molecular formula is C36H35F2N5O2S. The number of hydrogen-bond acceptors (Lipinski definition) is 6. The highest BCUT2D eigenvalue weighted by atomic mass is 32.1. The van der Waals surface area contributed by atoms with Crippen LogP contribution in [0.25, 0.3) is 10.4 Å². The van der Waals surface area contributed by atoms with Crippen LogP contribution in [0.5, 0.6) is 0 Å². The van der Waals surface area contributed by atoms with Crippen molar-refractivity contribution < 1.29 is 18.4 Å². The molecule has 0 bridgehead atoms. The Morgan fingerprint density at radius 3 is 2.22 bits per heavy atom. The van der Waals surface area contributed by atoms with Crippen LogP contribution in [-0.2, 0) is 31.0 Å². The number of para-hydroxylation sites is 1. The molecule has 0 radical (unpaired) electrons. The molecule has 46 heavy (non-hydrogen) atoms. The molecular weight excluding hydrogens is 604 g/mol. The molecule has 2 amide bonds. The van der Waals surface area contributed by atoms with Gasteiger partial charge in [0.15, 0.2) is 0 Å². The number of hydroxylamine groups is 1. The SMILES string of the molecule is CONC(=O)Nc1ccc(-c2sc3c(c2CN(C)Cc2ccccc2)CN(c2ccccc2)CN3Cc2c(F)cccc2F)cc1. The topological polar surface area (TPSA) is 60.1 Å². The summed E-state index contributed by atoms with van der Waals surface area (Å²) in [6, 6.07) is 31.7. The molecule has 7 nitrogen and oxygen atoms in total. The number of anilines is 3. The molecule has 0 saturated carbocycles. The zero-order chi connectivity index (χ0) is 32.0. The fraction of sp³-hybridized carbons (Fsp3) is 0.194. The van der Waals surface area contributed by atoms with Gasteiger partial charge < -0.3 is 15.1 Å². The molecule has 0 aliphatic carbocycles. The Balaban J connectivity index is 1.43. The van der Waals surface area contributed by atoms with Gasteiger partial charge in [-0.3, -0.25) is 9.74 Å². The third-order valence-corrected chi connectivity index (χ3v) is 9.31. The van der Waals surface area contributed by atoms with E-state index in [0.717, 1.165) is 38.8 Å². The number of nitrogens with one attached hydrogen (secondary N) is 2. The van der Waals surface area contributed by atoms with Gasteiger partial charge in [0.1, 0.15) is 11.6 Å². The van der Waals surface area contributed by atoms with Crippen LogP contribution < -0.4 is 20.6 Å². The molecule has 0 saturated heterocycles. The van der Waals surface area contributed by atoms with Gasteiger partial charge in [-0.2, -0.15) is 0 Å². The molecule has 1 aliphatic rings. The highest BCUT2D eigenvalue weighted by molar-refractivity contribution is 7.19. The lowest BCUT2D eigenvalue weighted by molar-refractivity contribution is 0.114. The summed E-state index contributed by atoms with van der Waals surface area (Å²) in [7, 11) is 3.48. The Hall–Kier alpha value is -4.77. The number of urea groups is 1. The summed E-state index contributed by atoms with van der Waals surface area (Å²) in [5.74, 6) is -1.11. The van der Waals surface area contributed by atoms with Crippen LogP contribution in [0.15, 0.2) is 103 Å². The summed E-state index contributed by atoms with van der Waals surface area (Å²) < 4.78 is 30.0. The van der Waals surface area contributed by atoms with Gasteiger partial charge in [0.2, 0.25) is 0 Å². The normalized spacial score (nSPS) is 12.7. The first-order valence-electron chi connectivity index (χ1n) is 14.9. The number of nitrogens with zero attached hydrogens (tertiary/aromatic N) is 3. The van der Waals surface area contributed by atoms with Crippen LogP contribution in [0.3, 0.4) is 0 Å². The third-order valence-electron chi connectivity index (χ3n) is 7.93. The van der Waals surface area contributed by atoms with Crippen molar-refractivity contribution in [1.29, 1.82) is 0 Å². The van der Waals surface area contributed by atoms with Crippen LogP contribution in [0.1, 0.15) is 22.3 Å². The highest BCUT2D eigenvalue weighted by Gasteiger charge is 2.31. The van der Waals surface area contributed by atoms with Crippen LogP contribution in [0, 0.1) is 11.6 Å². The van der Waals surface area contributed by atoms with E-state index in [1.165, 1.54) is 30.9 Å². The van der Waals surface area contributed by atoms with Gasteiger partial charge in [-0.1, -0.05) is 66.7 Å². The molecule has 10 heteroatoms. The molecule has 0 atom stereocenters.